The van der Waals surface area contributed by atoms with Crippen LogP contribution in [-0.4, -0.2) is 18.3 Å². The highest BCUT2D eigenvalue weighted by Crippen LogP contribution is 2.36. The van der Waals surface area contributed by atoms with Crippen molar-refractivity contribution in [2.75, 3.05) is 13.2 Å². The highest BCUT2D eigenvalue weighted by molar-refractivity contribution is 6.32. The third kappa shape index (κ3) is 3.12. The van der Waals surface area contributed by atoms with Gasteiger partial charge in [0.15, 0.2) is 0 Å². The molecule has 3 N–H and O–H groups in total. The van der Waals surface area contributed by atoms with Crippen LogP contribution < -0.4 is 10.5 Å². The van der Waals surface area contributed by atoms with Crippen molar-refractivity contribution in [2.45, 2.75) is 25.8 Å². The van der Waals surface area contributed by atoms with Gasteiger partial charge in [-0.3, -0.25) is 0 Å². The lowest BCUT2D eigenvalue weighted by Crippen LogP contribution is -2.16. The van der Waals surface area contributed by atoms with E-state index in [0.29, 0.717) is 23.3 Å². The molecule has 1 aromatic rings. The predicted molar refractivity (Wildman–Crippen MR) is 68.4 cm³/mol. The summed E-state index contributed by atoms with van der Waals surface area (Å²) in [5, 5.41) is 9.73. The monoisotopic (exact) mass is 255 g/mol. The fourth-order valence-corrected chi connectivity index (χ4v) is 2.10. The van der Waals surface area contributed by atoms with Gasteiger partial charge in [-0.25, -0.2) is 0 Å². The largest absolute Gasteiger partial charge is 0.491 e. The minimum absolute atomic E-state index is 0.112. The van der Waals surface area contributed by atoms with Crippen molar-refractivity contribution in [2.24, 2.45) is 11.7 Å². The molecule has 1 aromatic carbocycles. The molecule has 0 radical (unpaired) electrons. The maximum Gasteiger partial charge on any atom is 0.142 e. The molecule has 17 heavy (non-hydrogen) atoms. The Bertz CT molecular complexity index is 405. The first kappa shape index (κ1) is 12.7. The molecule has 0 spiro atoms. The summed E-state index contributed by atoms with van der Waals surface area (Å²) in [6.45, 7) is 2.53. The number of nitrogens with two attached hydrogens (primary N) is 1. The average molecular weight is 256 g/mol. The number of aliphatic hydroxyl groups excluding tert-OH is 1. The van der Waals surface area contributed by atoms with E-state index in [1.165, 1.54) is 12.8 Å². The zero-order valence-corrected chi connectivity index (χ0v) is 10.7. The van der Waals surface area contributed by atoms with Crippen molar-refractivity contribution >= 4 is 11.6 Å². The topological polar surface area (TPSA) is 55.5 Å². The molecule has 1 atom stereocenters. The van der Waals surface area contributed by atoms with Crippen LogP contribution in [0.15, 0.2) is 12.1 Å². The Hall–Kier alpha value is -0.770. The van der Waals surface area contributed by atoms with Crippen molar-refractivity contribution in [3.05, 3.63) is 28.3 Å². The van der Waals surface area contributed by atoms with E-state index in [1.54, 1.807) is 0 Å². The van der Waals surface area contributed by atoms with Crippen molar-refractivity contribution in [1.82, 2.24) is 0 Å². The molecule has 0 aliphatic heterocycles. The Morgan fingerprint density at radius 3 is 2.82 bits per heavy atom. The Morgan fingerprint density at radius 1 is 1.53 bits per heavy atom. The van der Waals surface area contributed by atoms with Gasteiger partial charge >= 0.3 is 0 Å². The van der Waals surface area contributed by atoms with Gasteiger partial charge in [0.25, 0.3) is 0 Å². The van der Waals surface area contributed by atoms with Gasteiger partial charge in [0, 0.05) is 5.56 Å². The quantitative estimate of drug-likeness (QED) is 0.850. The minimum atomic E-state index is -0.443. The lowest BCUT2D eigenvalue weighted by atomic mass is 10.0. The van der Waals surface area contributed by atoms with Crippen LogP contribution in [0.3, 0.4) is 0 Å². The average Bonchev–Trinajstić information content (AvgIpc) is 3.09. The molecule has 1 aliphatic carbocycles. The van der Waals surface area contributed by atoms with Gasteiger partial charge in [0.1, 0.15) is 5.75 Å². The van der Waals surface area contributed by atoms with Crippen molar-refractivity contribution in [1.29, 1.82) is 0 Å². The number of rotatable bonds is 5. The van der Waals surface area contributed by atoms with Crippen LogP contribution in [0.2, 0.25) is 5.02 Å². The van der Waals surface area contributed by atoms with Gasteiger partial charge < -0.3 is 15.6 Å². The van der Waals surface area contributed by atoms with Crippen LogP contribution in [0.1, 0.15) is 30.0 Å². The molecule has 2 rings (SSSR count). The van der Waals surface area contributed by atoms with Crippen LogP contribution in [0.5, 0.6) is 5.75 Å². The summed E-state index contributed by atoms with van der Waals surface area (Å²) in [6, 6.07) is 3.34. The lowest BCUT2D eigenvalue weighted by Gasteiger charge is -2.17. The van der Waals surface area contributed by atoms with E-state index in [9.17, 15) is 0 Å². The molecular weight excluding hydrogens is 238 g/mol. The summed E-state index contributed by atoms with van der Waals surface area (Å²) < 4.78 is 5.75. The first-order valence-corrected chi connectivity index (χ1v) is 6.29. The molecule has 1 unspecified atom stereocenters. The van der Waals surface area contributed by atoms with E-state index >= 15 is 0 Å². The number of benzene rings is 1. The minimum Gasteiger partial charge on any atom is -0.491 e. The van der Waals surface area contributed by atoms with Gasteiger partial charge in [0.05, 0.1) is 24.3 Å². The van der Waals surface area contributed by atoms with Crippen molar-refractivity contribution in [3.8, 4) is 5.75 Å². The molecule has 3 nitrogen and oxygen atoms in total. The third-order valence-corrected chi connectivity index (χ3v) is 3.25. The first-order chi connectivity index (χ1) is 8.11. The molecule has 1 saturated carbocycles. The normalized spacial score (nSPS) is 16.9. The summed E-state index contributed by atoms with van der Waals surface area (Å²) in [4.78, 5) is 0. The molecular formula is C13H18ClNO2. The van der Waals surface area contributed by atoms with Crippen LogP contribution in [0.25, 0.3) is 0 Å². The second kappa shape index (κ2) is 5.25. The molecule has 1 fully saturated rings. The first-order valence-electron chi connectivity index (χ1n) is 5.91. The van der Waals surface area contributed by atoms with E-state index in [4.69, 9.17) is 27.2 Å². The Morgan fingerprint density at radius 2 is 2.24 bits per heavy atom. The van der Waals surface area contributed by atoms with E-state index in [2.05, 4.69) is 0 Å². The second-order valence-electron chi connectivity index (χ2n) is 4.71. The maximum absolute atomic E-state index is 9.16. The summed E-state index contributed by atoms with van der Waals surface area (Å²) >= 11 is 6.18. The SMILES string of the molecule is Cc1cc(Cl)c(OCC2CC2)c(C(N)CO)c1. The van der Waals surface area contributed by atoms with E-state index < -0.39 is 6.04 Å². The molecule has 0 aromatic heterocycles. The Balaban J connectivity index is 2.24. The van der Waals surface area contributed by atoms with Crippen molar-refractivity contribution in [3.63, 3.8) is 0 Å². The number of aliphatic hydroxyl groups is 1. The smallest absolute Gasteiger partial charge is 0.142 e. The van der Waals surface area contributed by atoms with Gasteiger partial charge in [-0.1, -0.05) is 17.7 Å². The predicted octanol–water partition coefficient (Wildman–Crippen LogP) is 2.43. The standard InChI is InChI=1S/C13H18ClNO2/c1-8-4-10(12(15)6-16)13(11(14)5-8)17-7-9-2-3-9/h4-5,9,12,16H,2-3,6-7,15H2,1H3. The Kier molecular flexibility index (Phi) is 3.92. The number of hydrogen-bond acceptors (Lipinski definition) is 3. The fraction of sp³-hybridized carbons (Fsp3) is 0.538. The molecule has 0 bridgehead atoms. The molecule has 0 amide bonds. The van der Waals surface area contributed by atoms with Gasteiger partial charge in [-0.05, 0) is 37.3 Å². The summed E-state index contributed by atoms with van der Waals surface area (Å²) in [5.41, 5.74) is 7.68. The molecule has 0 saturated heterocycles. The highest BCUT2D eigenvalue weighted by Gasteiger charge is 2.24. The van der Waals surface area contributed by atoms with Gasteiger partial charge in [-0.2, -0.15) is 0 Å². The summed E-state index contributed by atoms with van der Waals surface area (Å²) in [6.07, 6.45) is 2.45. The number of hydrogen-bond donors (Lipinski definition) is 2. The van der Waals surface area contributed by atoms with E-state index in [1.807, 2.05) is 19.1 Å². The highest BCUT2D eigenvalue weighted by atomic mass is 35.5. The molecule has 1 aliphatic rings. The summed E-state index contributed by atoms with van der Waals surface area (Å²) in [5.74, 6) is 1.29. The van der Waals surface area contributed by atoms with Crippen LogP contribution in [0.4, 0.5) is 0 Å². The van der Waals surface area contributed by atoms with Crippen LogP contribution in [-0.2, 0) is 0 Å². The van der Waals surface area contributed by atoms with E-state index in [0.717, 1.165) is 11.1 Å². The Labute approximate surface area is 107 Å². The van der Waals surface area contributed by atoms with Gasteiger partial charge in [-0.15, -0.1) is 0 Å². The lowest BCUT2D eigenvalue weighted by molar-refractivity contribution is 0.257. The number of aryl methyl sites for hydroxylation is 1. The van der Waals surface area contributed by atoms with Gasteiger partial charge in [0.2, 0.25) is 0 Å². The zero-order chi connectivity index (χ0) is 12.4. The summed E-state index contributed by atoms with van der Waals surface area (Å²) in [7, 11) is 0. The third-order valence-electron chi connectivity index (χ3n) is 2.97. The molecule has 94 valence electrons. The van der Waals surface area contributed by atoms with E-state index in [-0.39, 0.29) is 6.61 Å². The molecule has 0 heterocycles. The zero-order valence-electron chi connectivity index (χ0n) is 9.95. The number of ether oxygens (including phenoxy) is 1. The maximum atomic E-state index is 9.16. The number of halogens is 1. The van der Waals surface area contributed by atoms with Crippen LogP contribution in [0, 0.1) is 12.8 Å². The fourth-order valence-electron chi connectivity index (χ4n) is 1.77. The van der Waals surface area contributed by atoms with Crippen molar-refractivity contribution < 1.29 is 9.84 Å². The van der Waals surface area contributed by atoms with Crippen LogP contribution >= 0.6 is 11.6 Å². The second-order valence-corrected chi connectivity index (χ2v) is 5.12. The molecule has 4 heteroatoms.